The smallest absolute Gasteiger partial charge is 0.119 e. The van der Waals surface area contributed by atoms with E-state index in [2.05, 4.69) is 44.6 Å². The fourth-order valence-corrected chi connectivity index (χ4v) is 10.7. The highest BCUT2D eigenvalue weighted by Crippen LogP contribution is 2.55. The van der Waals surface area contributed by atoms with Crippen molar-refractivity contribution in [2.45, 2.75) is 81.1 Å². The Morgan fingerprint density at radius 2 is 1.53 bits per heavy atom. The molecule has 0 amide bonds. The number of hydrogen-bond acceptors (Lipinski definition) is 8. The van der Waals surface area contributed by atoms with Crippen LogP contribution in [0.4, 0.5) is 11.4 Å². The summed E-state index contributed by atoms with van der Waals surface area (Å²) in [5.41, 5.74) is 5.47. The number of aliphatic hydroxyl groups is 2. The zero-order chi connectivity index (χ0) is 33.9. The lowest BCUT2D eigenvalue weighted by Gasteiger charge is -2.59. The average molecular weight is 665 g/mol. The third-order valence-corrected chi connectivity index (χ3v) is 13.4. The molecule has 8 aliphatic rings. The number of fused-ring (bicyclic) bond motifs is 8. The van der Waals surface area contributed by atoms with Crippen molar-refractivity contribution in [1.82, 2.24) is 9.80 Å². The molecule has 8 aliphatic heterocycles. The molecule has 0 aromatic heterocycles. The highest BCUT2D eigenvalue weighted by atomic mass is 16.5. The van der Waals surface area contributed by atoms with E-state index >= 15 is 0 Å². The molecule has 2 aromatic rings. The van der Waals surface area contributed by atoms with Gasteiger partial charge in [0.15, 0.2) is 0 Å². The Labute approximate surface area is 291 Å². The number of ether oxygens (including phenoxy) is 2. The zero-order valence-electron chi connectivity index (χ0n) is 29.1. The van der Waals surface area contributed by atoms with Crippen molar-refractivity contribution in [1.29, 1.82) is 0 Å². The van der Waals surface area contributed by atoms with E-state index in [4.69, 9.17) is 16.1 Å². The molecule has 0 spiro atoms. The minimum Gasteiger partial charge on any atom is -0.497 e. The summed E-state index contributed by atoms with van der Waals surface area (Å²) in [6.07, 6.45) is 11.8. The van der Waals surface area contributed by atoms with Gasteiger partial charge in [0.25, 0.3) is 0 Å². The molecule has 49 heavy (non-hydrogen) atoms. The maximum atomic E-state index is 12.1. The first-order valence-corrected chi connectivity index (χ1v) is 18.4. The van der Waals surface area contributed by atoms with Crippen LogP contribution in [0.2, 0.25) is 0 Å². The van der Waals surface area contributed by atoms with Crippen molar-refractivity contribution in [3.8, 4) is 11.5 Å². The maximum Gasteiger partial charge on any atom is 0.119 e. The minimum atomic E-state index is -0.495. The molecule has 8 heterocycles. The van der Waals surface area contributed by atoms with Crippen molar-refractivity contribution in [2.75, 3.05) is 40.4 Å². The Morgan fingerprint density at radius 3 is 2.10 bits per heavy atom. The van der Waals surface area contributed by atoms with Gasteiger partial charge in [0.2, 0.25) is 0 Å². The second-order valence-electron chi connectivity index (χ2n) is 15.6. The molecule has 8 heteroatoms. The number of piperidine rings is 6. The Morgan fingerprint density at radius 1 is 0.918 bits per heavy atom. The Bertz CT molecular complexity index is 1660. The molecule has 12 atom stereocenters. The number of aliphatic imine (C=N–C) groups is 2. The molecule has 260 valence electrons. The molecule has 2 aromatic carbocycles. The fourth-order valence-electron chi connectivity index (χ4n) is 10.7. The van der Waals surface area contributed by atoms with Crippen molar-refractivity contribution in [3.63, 3.8) is 0 Å². The number of methoxy groups -OCH3 is 2. The first-order valence-electron chi connectivity index (χ1n) is 18.4. The second kappa shape index (κ2) is 13.1. The third-order valence-electron chi connectivity index (χ3n) is 13.4. The van der Waals surface area contributed by atoms with E-state index in [0.717, 1.165) is 105 Å². The largest absolute Gasteiger partial charge is 0.497 e. The zero-order valence-corrected chi connectivity index (χ0v) is 29.1. The van der Waals surface area contributed by atoms with Gasteiger partial charge in [0.1, 0.15) is 11.5 Å². The molecule has 0 aliphatic carbocycles. The summed E-state index contributed by atoms with van der Waals surface area (Å²) < 4.78 is 11.1. The summed E-state index contributed by atoms with van der Waals surface area (Å²) in [7, 11) is 3.38. The van der Waals surface area contributed by atoms with Gasteiger partial charge in [-0.3, -0.25) is 19.8 Å². The van der Waals surface area contributed by atoms with Crippen molar-refractivity contribution in [3.05, 3.63) is 72.3 Å². The summed E-state index contributed by atoms with van der Waals surface area (Å²) in [6, 6.07) is 12.3. The summed E-state index contributed by atoms with van der Waals surface area (Å²) >= 11 is 0. The average Bonchev–Trinajstić information content (AvgIpc) is 3.16. The van der Waals surface area contributed by atoms with Crippen LogP contribution in [0.15, 0.2) is 71.2 Å². The molecule has 12 unspecified atom stereocenters. The molecule has 6 saturated heterocycles. The molecule has 10 rings (SSSR count). The van der Waals surface area contributed by atoms with Gasteiger partial charge in [-0.25, -0.2) is 0 Å². The van der Waals surface area contributed by atoms with Crippen LogP contribution in [-0.2, 0) is 0 Å². The normalized spacial score (nSPS) is 36.8. The second-order valence-corrected chi connectivity index (χ2v) is 15.6. The maximum absolute atomic E-state index is 12.1. The summed E-state index contributed by atoms with van der Waals surface area (Å²) in [4.78, 5) is 14.3. The molecule has 0 saturated carbocycles. The van der Waals surface area contributed by atoms with Crippen LogP contribution in [0.5, 0.6) is 11.5 Å². The molecule has 0 radical (unpaired) electrons. The van der Waals surface area contributed by atoms with Crippen LogP contribution in [-0.4, -0.2) is 97.1 Å². The van der Waals surface area contributed by atoms with Gasteiger partial charge in [-0.2, -0.15) is 0 Å². The van der Waals surface area contributed by atoms with E-state index in [1.807, 2.05) is 36.7 Å². The SMILES string of the molecule is C=CC1CN2CCC1(CC(=C)C1CN3CCC1CC3C(O)C1CC=Nc3ccc(OC)cc31)CC2C(O)C1CC=Nc2ccc(OC)cc21. The van der Waals surface area contributed by atoms with Crippen LogP contribution < -0.4 is 9.47 Å². The van der Waals surface area contributed by atoms with Gasteiger partial charge in [0.05, 0.1) is 37.8 Å². The van der Waals surface area contributed by atoms with Gasteiger partial charge in [0, 0.05) is 49.4 Å². The Kier molecular flexibility index (Phi) is 8.80. The van der Waals surface area contributed by atoms with E-state index in [1.54, 1.807) is 14.2 Å². The van der Waals surface area contributed by atoms with Gasteiger partial charge >= 0.3 is 0 Å². The fraction of sp³-hybridized carbons (Fsp3) is 0.561. The number of benzene rings is 2. The van der Waals surface area contributed by atoms with Crippen LogP contribution in [0.3, 0.4) is 0 Å². The van der Waals surface area contributed by atoms with Gasteiger partial charge in [-0.1, -0.05) is 18.2 Å². The summed E-state index contributed by atoms with van der Waals surface area (Å²) in [5.74, 6) is 2.95. The van der Waals surface area contributed by atoms with Crippen molar-refractivity contribution < 1.29 is 19.7 Å². The lowest BCUT2D eigenvalue weighted by Crippen LogP contribution is -2.63. The van der Waals surface area contributed by atoms with E-state index in [-0.39, 0.29) is 29.3 Å². The number of hydrogen-bond donors (Lipinski definition) is 2. The lowest BCUT2D eigenvalue weighted by atomic mass is 9.57. The molecule has 8 nitrogen and oxygen atoms in total. The Hall–Kier alpha value is -3.30. The monoisotopic (exact) mass is 664 g/mol. The predicted molar refractivity (Wildman–Crippen MR) is 195 cm³/mol. The predicted octanol–water partition coefficient (Wildman–Crippen LogP) is 6.43. The van der Waals surface area contributed by atoms with Gasteiger partial charge < -0.3 is 19.7 Å². The molecular formula is C41H52N4O4. The van der Waals surface area contributed by atoms with E-state index in [9.17, 15) is 10.2 Å². The lowest BCUT2D eigenvalue weighted by molar-refractivity contribution is -0.102. The molecule has 2 N–H and O–H groups in total. The van der Waals surface area contributed by atoms with Crippen molar-refractivity contribution in [2.24, 2.45) is 33.2 Å². The van der Waals surface area contributed by atoms with Crippen molar-refractivity contribution >= 4 is 23.8 Å². The van der Waals surface area contributed by atoms with E-state index in [1.165, 1.54) is 5.57 Å². The first-order chi connectivity index (χ1) is 23.8. The quantitative estimate of drug-likeness (QED) is 0.285. The summed E-state index contributed by atoms with van der Waals surface area (Å²) in [5, 5.41) is 24.0. The van der Waals surface area contributed by atoms with Crippen LogP contribution in [0, 0.1) is 23.2 Å². The standard InChI is InChI=1S/C41H52N4O4/c1-5-27-23-45-17-13-41(27,22-38(45)40(47)31-11-15-43-36-9-7-29(49-4)20-33(31)36)21-25(2)34-24-44-16-12-26(34)18-37(44)39(46)30-10-14-42-35-8-6-28(48-3)19-32(30)35/h5-9,14-15,19-20,26-27,30-31,34,37-40,46-47H,1-2,10-13,16-18,21-24H2,3-4H3. The van der Waals surface area contributed by atoms with Crippen LogP contribution in [0.25, 0.3) is 0 Å². The summed E-state index contributed by atoms with van der Waals surface area (Å²) in [6.45, 7) is 13.1. The first kappa shape index (κ1) is 32.9. The topological polar surface area (TPSA) is 90.1 Å². The van der Waals surface area contributed by atoms with Crippen LogP contribution >= 0.6 is 0 Å². The highest BCUT2D eigenvalue weighted by molar-refractivity contribution is 5.72. The molecule has 4 bridgehead atoms. The van der Waals surface area contributed by atoms with E-state index in [0.29, 0.717) is 17.8 Å². The molecule has 6 fully saturated rings. The third kappa shape index (κ3) is 5.69. The highest BCUT2D eigenvalue weighted by Gasteiger charge is 2.54. The van der Waals surface area contributed by atoms with Crippen LogP contribution in [0.1, 0.15) is 67.9 Å². The minimum absolute atomic E-state index is 0.0110. The van der Waals surface area contributed by atoms with E-state index < -0.39 is 12.2 Å². The number of nitrogens with zero attached hydrogens (tertiary/aromatic N) is 4. The number of aliphatic hydroxyl groups excluding tert-OH is 2. The van der Waals surface area contributed by atoms with Gasteiger partial charge in [-0.15, -0.1) is 6.58 Å². The van der Waals surface area contributed by atoms with Gasteiger partial charge in [-0.05, 0) is 129 Å². The Balaban J connectivity index is 0.975. The molecular weight excluding hydrogens is 612 g/mol. The number of rotatable bonds is 10.